The van der Waals surface area contributed by atoms with Gasteiger partial charge in [-0.05, 0) is 31.4 Å². The second-order valence-corrected chi connectivity index (χ2v) is 7.38. The van der Waals surface area contributed by atoms with Crippen molar-refractivity contribution in [1.82, 2.24) is 19.8 Å². The van der Waals surface area contributed by atoms with E-state index in [4.69, 9.17) is 0 Å². The summed E-state index contributed by atoms with van der Waals surface area (Å²) in [6.07, 6.45) is 3.75. The average molecular weight is 344 g/mol. The second-order valence-electron chi connectivity index (χ2n) is 7.38. The van der Waals surface area contributed by atoms with E-state index in [1.54, 1.807) is 0 Å². The number of rotatable bonds is 6. The molecule has 6 nitrogen and oxygen atoms in total. The standard InChI is InChI=1S/C19H28N4O2/c1-13-15(7-9-22(13)5)17(24)20-11-19(3,4)12-21-18(25)16-8-10-23(6)14(16)2/h7-10H,11-12H2,1-6H3,(H,20,24)(H,21,25). The van der Waals surface area contributed by atoms with Crippen molar-refractivity contribution in [3.05, 3.63) is 47.0 Å². The monoisotopic (exact) mass is 344 g/mol. The molecule has 0 unspecified atom stereocenters. The molecule has 0 spiro atoms. The lowest BCUT2D eigenvalue weighted by Crippen LogP contribution is -2.42. The highest BCUT2D eigenvalue weighted by atomic mass is 16.2. The van der Waals surface area contributed by atoms with Crippen molar-refractivity contribution in [3.8, 4) is 0 Å². The van der Waals surface area contributed by atoms with Crippen LogP contribution in [0.25, 0.3) is 0 Å². The number of hydrogen-bond acceptors (Lipinski definition) is 2. The Morgan fingerprint density at radius 2 is 1.24 bits per heavy atom. The second kappa shape index (κ2) is 7.17. The molecule has 2 heterocycles. The van der Waals surface area contributed by atoms with E-state index in [2.05, 4.69) is 10.6 Å². The summed E-state index contributed by atoms with van der Waals surface area (Å²) < 4.78 is 3.84. The first-order chi connectivity index (χ1) is 11.6. The molecule has 2 rings (SSSR count). The molecule has 2 aromatic heterocycles. The Kier molecular flexibility index (Phi) is 5.40. The third-order valence-corrected chi connectivity index (χ3v) is 4.71. The fourth-order valence-corrected chi connectivity index (χ4v) is 2.59. The van der Waals surface area contributed by atoms with Crippen LogP contribution in [0.15, 0.2) is 24.5 Å². The van der Waals surface area contributed by atoms with Crippen molar-refractivity contribution in [2.45, 2.75) is 27.7 Å². The van der Waals surface area contributed by atoms with Gasteiger partial charge in [-0.2, -0.15) is 0 Å². The Morgan fingerprint density at radius 1 is 0.880 bits per heavy atom. The molecule has 2 N–H and O–H groups in total. The summed E-state index contributed by atoms with van der Waals surface area (Å²) in [5, 5.41) is 5.93. The number of carbonyl (C=O) groups is 2. The number of hydrogen-bond donors (Lipinski definition) is 2. The molecule has 0 aliphatic heterocycles. The molecule has 0 aromatic carbocycles. The van der Waals surface area contributed by atoms with Gasteiger partial charge in [0.1, 0.15) is 0 Å². The Balaban J connectivity index is 1.89. The Morgan fingerprint density at radius 3 is 1.52 bits per heavy atom. The van der Waals surface area contributed by atoms with Gasteiger partial charge in [-0.1, -0.05) is 13.8 Å². The number of aryl methyl sites for hydroxylation is 2. The molecular weight excluding hydrogens is 316 g/mol. The third kappa shape index (κ3) is 4.32. The van der Waals surface area contributed by atoms with Crippen LogP contribution in [-0.2, 0) is 14.1 Å². The SMILES string of the molecule is Cc1c(C(=O)NCC(C)(C)CNC(=O)c2ccn(C)c2C)ccn1C. The number of nitrogens with one attached hydrogen (secondary N) is 2. The lowest BCUT2D eigenvalue weighted by Gasteiger charge is -2.25. The van der Waals surface area contributed by atoms with Gasteiger partial charge in [0, 0.05) is 51.0 Å². The molecule has 0 fully saturated rings. The largest absolute Gasteiger partial charge is 0.354 e. The molecule has 0 radical (unpaired) electrons. The minimum Gasteiger partial charge on any atom is -0.354 e. The van der Waals surface area contributed by atoms with Crippen molar-refractivity contribution >= 4 is 11.8 Å². The number of carbonyl (C=O) groups excluding carboxylic acids is 2. The van der Waals surface area contributed by atoms with Gasteiger partial charge < -0.3 is 19.8 Å². The lowest BCUT2D eigenvalue weighted by atomic mass is 9.93. The van der Waals surface area contributed by atoms with Crippen LogP contribution in [0, 0.1) is 19.3 Å². The van der Waals surface area contributed by atoms with Gasteiger partial charge in [0.05, 0.1) is 11.1 Å². The average Bonchev–Trinajstić information content (AvgIpc) is 3.07. The van der Waals surface area contributed by atoms with Crippen LogP contribution in [-0.4, -0.2) is 34.0 Å². The van der Waals surface area contributed by atoms with E-state index in [0.717, 1.165) is 11.4 Å². The van der Waals surface area contributed by atoms with Crippen molar-refractivity contribution in [2.24, 2.45) is 19.5 Å². The Labute approximate surface area is 149 Å². The molecule has 25 heavy (non-hydrogen) atoms. The van der Waals surface area contributed by atoms with E-state index in [1.165, 1.54) is 0 Å². The normalized spacial score (nSPS) is 11.4. The summed E-state index contributed by atoms with van der Waals surface area (Å²) in [6, 6.07) is 3.63. The van der Waals surface area contributed by atoms with E-state index in [9.17, 15) is 9.59 Å². The van der Waals surface area contributed by atoms with Gasteiger partial charge >= 0.3 is 0 Å². The van der Waals surface area contributed by atoms with E-state index < -0.39 is 0 Å². The maximum atomic E-state index is 12.3. The highest BCUT2D eigenvalue weighted by Crippen LogP contribution is 2.15. The van der Waals surface area contributed by atoms with E-state index in [-0.39, 0.29) is 17.2 Å². The minimum absolute atomic E-state index is 0.0867. The van der Waals surface area contributed by atoms with Crippen molar-refractivity contribution in [2.75, 3.05) is 13.1 Å². The minimum atomic E-state index is -0.253. The van der Waals surface area contributed by atoms with E-state index in [0.29, 0.717) is 24.2 Å². The summed E-state index contributed by atoms with van der Waals surface area (Å²) >= 11 is 0. The van der Waals surface area contributed by atoms with Gasteiger partial charge in [0.15, 0.2) is 0 Å². The van der Waals surface area contributed by atoms with Gasteiger partial charge in [-0.25, -0.2) is 0 Å². The predicted molar refractivity (Wildman–Crippen MR) is 98.7 cm³/mol. The third-order valence-electron chi connectivity index (χ3n) is 4.71. The van der Waals surface area contributed by atoms with E-state index in [1.807, 2.05) is 75.5 Å². The molecule has 0 saturated heterocycles. The molecule has 2 amide bonds. The highest BCUT2D eigenvalue weighted by Gasteiger charge is 2.22. The number of aromatic nitrogens is 2. The van der Waals surface area contributed by atoms with Crippen LogP contribution in [0.5, 0.6) is 0 Å². The molecule has 136 valence electrons. The van der Waals surface area contributed by atoms with Crippen LogP contribution in [0.2, 0.25) is 0 Å². The van der Waals surface area contributed by atoms with Crippen LogP contribution in [0.3, 0.4) is 0 Å². The van der Waals surface area contributed by atoms with Gasteiger partial charge in [-0.3, -0.25) is 9.59 Å². The first-order valence-corrected chi connectivity index (χ1v) is 8.42. The smallest absolute Gasteiger partial charge is 0.253 e. The molecule has 0 atom stereocenters. The highest BCUT2D eigenvalue weighted by molar-refractivity contribution is 5.96. The van der Waals surface area contributed by atoms with Crippen LogP contribution in [0.4, 0.5) is 0 Å². The molecule has 6 heteroatoms. The van der Waals surface area contributed by atoms with Crippen LogP contribution in [0.1, 0.15) is 46.0 Å². The molecular formula is C19H28N4O2. The van der Waals surface area contributed by atoms with Crippen molar-refractivity contribution in [3.63, 3.8) is 0 Å². The molecule has 0 aliphatic carbocycles. The lowest BCUT2D eigenvalue weighted by molar-refractivity contribution is 0.0919. The molecule has 0 saturated carbocycles. The van der Waals surface area contributed by atoms with Crippen LogP contribution < -0.4 is 10.6 Å². The van der Waals surface area contributed by atoms with Gasteiger partial charge in [0.2, 0.25) is 0 Å². The van der Waals surface area contributed by atoms with Crippen molar-refractivity contribution in [1.29, 1.82) is 0 Å². The maximum absolute atomic E-state index is 12.3. The topological polar surface area (TPSA) is 68.1 Å². The van der Waals surface area contributed by atoms with Gasteiger partial charge in [0.25, 0.3) is 11.8 Å². The first kappa shape index (κ1) is 18.8. The quantitative estimate of drug-likeness (QED) is 0.843. The summed E-state index contributed by atoms with van der Waals surface area (Å²) in [5.74, 6) is -0.173. The zero-order valence-corrected chi connectivity index (χ0v) is 15.9. The fraction of sp³-hybridized carbons (Fsp3) is 0.474. The summed E-state index contributed by atoms with van der Waals surface area (Å²) in [7, 11) is 3.83. The Hall–Kier alpha value is -2.50. The molecule has 2 aromatic rings. The predicted octanol–water partition coefficient (Wildman–Crippen LogP) is 2.17. The molecule has 0 aliphatic rings. The van der Waals surface area contributed by atoms with Crippen molar-refractivity contribution < 1.29 is 9.59 Å². The summed E-state index contributed by atoms with van der Waals surface area (Å²) in [5.41, 5.74) is 2.98. The zero-order chi connectivity index (χ0) is 18.8. The number of nitrogens with zero attached hydrogens (tertiary/aromatic N) is 2. The fourth-order valence-electron chi connectivity index (χ4n) is 2.59. The summed E-state index contributed by atoms with van der Waals surface area (Å²) in [6.45, 7) is 8.83. The molecule has 0 bridgehead atoms. The van der Waals surface area contributed by atoms with Crippen LogP contribution >= 0.6 is 0 Å². The first-order valence-electron chi connectivity index (χ1n) is 8.42. The van der Waals surface area contributed by atoms with E-state index >= 15 is 0 Å². The maximum Gasteiger partial charge on any atom is 0.253 e. The van der Waals surface area contributed by atoms with Gasteiger partial charge in [-0.15, -0.1) is 0 Å². The number of amides is 2. The Bertz CT molecular complexity index is 719. The summed E-state index contributed by atoms with van der Waals surface area (Å²) in [4.78, 5) is 24.6. The zero-order valence-electron chi connectivity index (χ0n) is 15.9.